The summed E-state index contributed by atoms with van der Waals surface area (Å²) in [6, 6.07) is 0. The predicted molar refractivity (Wildman–Crippen MR) is 43.9 cm³/mol. The van der Waals surface area contributed by atoms with Gasteiger partial charge in [-0.05, 0) is 13.3 Å². The van der Waals surface area contributed by atoms with Gasteiger partial charge in [-0.1, -0.05) is 13.0 Å². The highest BCUT2D eigenvalue weighted by Gasteiger charge is 2.14. The fourth-order valence-electron chi connectivity index (χ4n) is 0.477. The van der Waals surface area contributed by atoms with E-state index in [1.54, 1.807) is 6.08 Å². The SMILES string of the molecule is C=CCOCC(C)(N)CC. The van der Waals surface area contributed by atoms with E-state index in [9.17, 15) is 0 Å². The van der Waals surface area contributed by atoms with Crippen molar-refractivity contribution in [3.63, 3.8) is 0 Å². The molecule has 0 aromatic heterocycles. The summed E-state index contributed by atoms with van der Waals surface area (Å²) in [6.07, 6.45) is 2.66. The molecule has 0 heterocycles. The van der Waals surface area contributed by atoms with Crippen LogP contribution in [0.1, 0.15) is 20.3 Å². The summed E-state index contributed by atoms with van der Waals surface area (Å²) in [5.74, 6) is 0. The molecule has 0 saturated heterocycles. The lowest BCUT2D eigenvalue weighted by Gasteiger charge is -2.21. The van der Waals surface area contributed by atoms with Gasteiger partial charge in [-0.25, -0.2) is 0 Å². The Bertz CT molecular complexity index is 99.4. The Morgan fingerprint density at radius 3 is 2.70 bits per heavy atom. The molecule has 0 aliphatic carbocycles. The minimum atomic E-state index is -0.178. The Morgan fingerprint density at radius 2 is 2.30 bits per heavy atom. The van der Waals surface area contributed by atoms with E-state index in [4.69, 9.17) is 10.5 Å². The maximum atomic E-state index is 5.80. The highest BCUT2D eigenvalue weighted by atomic mass is 16.5. The van der Waals surface area contributed by atoms with Gasteiger partial charge in [-0.15, -0.1) is 6.58 Å². The lowest BCUT2D eigenvalue weighted by atomic mass is 10.0. The molecule has 1 atom stereocenters. The van der Waals surface area contributed by atoms with Gasteiger partial charge in [0.05, 0.1) is 13.2 Å². The molecule has 60 valence electrons. The van der Waals surface area contributed by atoms with Gasteiger partial charge >= 0.3 is 0 Å². The van der Waals surface area contributed by atoms with E-state index in [-0.39, 0.29) is 5.54 Å². The van der Waals surface area contributed by atoms with Crippen molar-refractivity contribution in [1.82, 2.24) is 0 Å². The van der Waals surface area contributed by atoms with E-state index < -0.39 is 0 Å². The summed E-state index contributed by atoms with van der Waals surface area (Å²) in [7, 11) is 0. The Labute approximate surface area is 63.1 Å². The second-order valence-electron chi connectivity index (χ2n) is 2.81. The van der Waals surface area contributed by atoms with Crippen LogP contribution in [0.4, 0.5) is 0 Å². The molecule has 2 nitrogen and oxygen atoms in total. The molecule has 0 radical (unpaired) electrons. The molecule has 2 heteroatoms. The van der Waals surface area contributed by atoms with Gasteiger partial charge in [-0.2, -0.15) is 0 Å². The summed E-state index contributed by atoms with van der Waals surface area (Å²) in [5, 5.41) is 0. The quantitative estimate of drug-likeness (QED) is 0.465. The van der Waals surface area contributed by atoms with E-state index in [1.165, 1.54) is 0 Å². The standard InChI is InChI=1S/C8H17NO/c1-4-6-10-7-8(3,9)5-2/h4H,1,5-7,9H2,2-3H3. The van der Waals surface area contributed by atoms with Crippen molar-refractivity contribution < 1.29 is 4.74 Å². The molecule has 1 unspecified atom stereocenters. The van der Waals surface area contributed by atoms with E-state index in [2.05, 4.69) is 13.5 Å². The monoisotopic (exact) mass is 143 g/mol. The summed E-state index contributed by atoms with van der Waals surface area (Å²) in [4.78, 5) is 0. The van der Waals surface area contributed by atoms with Gasteiger partial charge in [0.15, 0.2) is 0 Å². The van der Waals surface area contributed by atoms with Crippen molar-refractivity contribution in [2.24, 2.45) is 5.73 Å². The van der Waals surface area contributed by atoms with Crippen molar-refractivity contribution in [1.29, 1.82) is 0 Å². The maximum Gasteiger partial charge on any atom is 0.0647 e. The molecule has 0 amide bonds. The van der Waals surface area contributed by atoms with Crippen molar-refractivity contribution in [2.45, 2.75) is 25.8 Å². The molecule has 0 aliphatic rings. The summed E-state index contributed by atoms with van der Waals surface area (Å²) in [5.41, 5.74) is 5.62. The van der Waals surface area contributed by atoms with E-state index >= 15 is 0 Å². The normalized spacial score (nSPS) is 16.3. The molecule has 0 bridgehead atoms. The number of ether oxygens (including phenoxy) is 1. The topological polar surface area (TPSA) is 35.2 Å². The first-order valence-electron chi connectivity index (χ1n) is 3.60. The van der Waals surface area contributed by atoms with Crippen LogP contribution in [0.5, 0.6) is 0 Å². The summed E-state index contributed by atoms with van der Waals surface area (Å²) >= 11 is 0. The molecule has 0 aromatic rings. The first-order valence-corrected chi connectivity index (χ1v) is 3.60. The zero-order valence-electron chi connectivity index (χ0n) is 6.89. The highest BCUT2D eigenvalue weighted by Crippen LogP contribution is 2.04. The molecule has 0 rings (SSSR count). The van der Waals surface area contributed by atoms with Crippen molar-refractivity contribution in [3.05, 3.63) is 12.7 Å². The summed E-state index contributed by atoms with van der Waals surface area (Å²) < 4.78 is 5.20. The van der Waals surface area contributed by atoms with Gasteiger partial charge < -0.3 is 10.5 Å². The minimum Gasteiger partial charge on any atom is -0.376 e. The van der Waals surface area contributed by atoms with Crippen molar-refractivity contribution >= 4 is 0 Å². The number of hydrogen-bond donors (Lipinski definition) is 1. The third-order valence-corrected chi connectivity index (χ3v) is 1.48. The molecular weight excluding hydrogens is 126 g/mol. The Balaban J connectivity index is 3.36. The van der Waals surface area contributed by atoms with Crippen LogP contribution in [0.3, 0.4) is 0 Å². The lowest BCUT2D eigenvalue weighted by Crippen LogP contribution is -2.40. The second kappa shape index (κ2) is 4.47. The van der Waals surface area contributed by atoms with Crippen LogP contribution in [0.2, 0.25) is 0 Å². The third-order valence-electron chi connectivity index (χ3n) is 1.48. The van der Waals surface area contributed by atoms with Crippen LogP contribution in [0, 0.1) is 0 Å². The van der Waals surface area contributed by atoms with Gasteiger partial charge in [0.1, 0.15) is 0 Å². The Morgan fingerprint density at radius 1 is 1.70 bits per heavy atom. The first-order chi connectivity index (χ1) is 4.62. The number of nitrogens with two attached hydrogens (primary N) is 1. The molecule has 0 spiro atoms. The van der Waals surface area contributed by atoms with E-state index in [1.807, 2.05) is 6.92 Å². The van der Waals surface area contributed by atoms with Crippen LogP contribution in [-0.4, -0.2) is 18.8 Å². The van der Waals surface area contributed by atoms with Gasteiger partial charge in [0, 0.05) is 5.54 Å². The van der Waals surface area contributed by atoms with Crippen molar-refractivity contribution in [2.75, 3.05) is 13.2 Å². The molecule has 0 saturated carbocycles. The zero-order chi connectivity index (χ0) is 8.04. The van der Waals surface area contributed by atoms with Gasteiger partial charge in [0.2, 0.25) is 0 Å². The smallest absolute Gasteiger partial charge is 0.0647 e. The lowest BCUT2D eigenvalue weighted by molar-refractivity contribution is 0.111. The van der Waals surface area contributed by atoms with Gasteiger partial charge in [-0.3, -0.25) is 0 Å². The van der Waals surface area contributed by atoms with Crippen LogP contribution >= 0.6 is 0 Å². The van der Waals surface area contributed by atoms with E-state index in [0.717, 1.165) is 6.42 Å². The molecule has 0 aliphatic heterocycles. The Kier molecular flexibility index (Phi) is 4.32. The fourth-order valence-corrected chi connectivity index (χ4v) is 0.477. The predicted octanol–water partition coefficient (Wildman–Crippen LogP) is 1.32. The van der Waals surface area contributed by atoms with Crippen LogP contribution < -0.4 is 5.73 Å². The number of rotatable bonds is 5. The molecule has 0 fully saturated rings. The van der Waals surface area contributed by atoms with Crippen LogP contribution in [0.25, 0.3) is 0 Å². The van der Waals surface area contributed by atoms with Crippen molar-refractivity contribution in [3.8, 4) is 0 Å². The number of hydrogen-bond acceptors (Lipinski definition) is 2. The molecule has 2 N–H and O–H groups in total. The Hall–Kier alpha value is -0.340. The highest BCUT2D eigenvalue weighted by molar-refractivity contribution is 4.76. The zero-order valence-corrected chi connectivity index (χ0v) is 6.89. The fraction of sp³-hybridized carbons (Fsp3) is 0.750. The van der Waals surface area contributed by atoms with Crippen LogP contribution in [-0.2, 0) is 4.74 Å². The average molecular weight is 143 g/mol. The maximum absolute atomic E-state index is 5.80. The second-order valence-corrected chi connectivity index (χ2v) is 2.81. The first kappa shape index (κ1) is 9.66. The minimum absolute atomic E-state index is 0.178. The largest absolute Gasteiger partial charge is 0.376 e. The molecule has 10 heavy (non-hydrogen) atoms. The van der Waals surface area contributed by atoms with Crippen LogP contribution in [0.15, 0.2) is 12.7 Å². The molecule has 0 aromatic carbocycles. The third kappa shape index (κ3) is 4.53. The van der Waals surface area contributed by atoms with E-state index in [0.29, 0.717) is 13.2 Å². The average Bonchev–Trinajstić information content (AvgIpc) is 1.89. The molecular formula is C8H17NO. The summed E-state index contributed by atoms with van der Waals surface area (Å²) in [6.45, 7) is 8.77. The van der Waals surface area contributed by atoms with Gasteiger partial charge in [0.25, 0.3) is 0 Å².